The maximum atomic E-state index is 11.8. The van der Waals surface area contributed by atoms with Crippen LogP contribution >= 0.6 is 22.9 Å². The van der Waals surface area contributed by atoms with Crippen LogP contribution in [0.25, 0.3) is 0 Å². The van der Waals surface area contributed by atoms with Gasteiger partial charge in [0, 0.05) is 23.0 Å². The van der Waals surface area contributed by atoms with E-state index in [0.717, 1.165) is 16.0 Å². The van der Waals surface area contributed by atoms with Gasteiger partial charge in [0.2, 0.25) is 5.91 Å². The third kappa shape index (κ3) is 6.40. The van der Waals surface area contributed by atoms with Crippen molar-refractivity contribution < 1.29 is 14.3 Å². The Balaban J connectivity index is 1.63. The maximum Gasteiger partial charge on any atom is 0.258 e. The van der Waals surface area contributed by atoms with Crippen LogP contribution in [0.5, 0.6) is 5.75 Å². The zero-order valence-electron chi connectivity index (χ0n) is 14.2. The van der Waals surface area contributed by atoms with E-state index < -0.39 is 0 Å². The van der Waals surface area contributed by atoms with Crippen molar-refractivity contribution in [1.82, 2.24) is 10.6 Å². The van der Waals surface area contributed by atoms with E-state index in [1.54, 1.807) is 23.5 Å². The number of nitrogens with one attached hydrogen (secondary N) is 2. The molecule has 0 aliphatic heterocycles. The second-order valence-corrected chi connectivity index (χ2v) is 7.03. The molecule has 2 rings (SSSR count). The molecular weight excluding hydrogens is 360 g/mol. The molecule has 2 amide bonds. The summed E-state index contributed by atoms with van der Waals surface area (Å²) in [5, 5.41) is 8.12. The molecule has 0 bridgehead atoms. The smallest absolute Gasteiger partial charge is 0.258 e. The molecule has 0 fully saturated rings. The molecule has 5 nitrogen and oxygen atoms in total. The normalized spacial score (nSPS) is 10.4. The van der Waals surface area contributed by atoms with E-state index in [0.29, 0.717) is 30.3 Å². The van der Waals surface area contributed by atoms with Crippen LogP contribution in [0.4, 0.5) is 0 Å². The van der Waals surface area contributed by atoms with Crippen LogP contribution in [0.3, 0.4) is 0 Å². The highest BCUT2D eigenvalue weighted by Crippen LogP contribution is 2.25. The average molecular weight is 381 g/mol. The van der Waals surface area contributed by atoms with Crippen LogP contribution in [-0.2, 0) is 16.0 Å². The van der Waals surface area contributed by atoms with Gasteiger partial charge in [-0.3, -0.25) is 9.59 Å². The first-order valence-electron chi connectivity index (χ1n) is 7.91. The fourth-order valence-electron chi connectivity index (χ4n) is 2.23. The molecule has 0 saturated carbocycles. The second-order valence-electron chi connectivity index (χ2n) is 5.62. The lowest BCUT2D eigenvalue weighted by Gasteiger charge is -2.10. The van der Waals surface area contributed by atoms with Crippen molar-refractivity contribution in [3.63, 3.8) is 0 Å². The van der Waals surface area contributed by atoms with Gasteiger partial charge in [-0.05, 0) is 48.6 Å². The molecule has 7 heteroatoms. The predicted octanol–water partition coefficient (Wildman–Crippen LogP) is 2.87. The Morgan fingerprint density at radius 2 is 1.76 bits per heavy atom. The van der Waals surface area contributed by atoms with E-state index in [4.69, 9.17) is 16.3 Å². The lowest BCUT2D eigenvalue weighted by molar-refractivity contribution is -0.124. The molecule has 0 unspecified atom stereocenters. The van der Waals surface area contributed by atoms with E-state index in [-0.39, 0.29) is 18.4 Å². The highest BCUT2D eigenvalue weighted by Gasteiger charge is 2.07. The van der Waals surface area contributed by atoms with E-state index in [9.17, 15) is 9.59 Å². The number of thiophene rings is 1. The number of halogens is 1. The van der Waals surface area contributed by atoms with E-state index in [2.05, 4.69) is 10.6 Å². The number of hydrogen-bond donors (Lipinski definition) is 2. The lowest BCUT2D eigenvalue weighted by atomic mass is 10.1. The number of rotatable bonds is 8. The molecule has 134 valence electrons. The first-order chi connectivity index (χ1) is 12.0. The van der Waals surface area contributed by atoms with Gasteiger partial charge in [0.25, 0.3) is 5.91 Å². The van der Waals surface area contributed by atoms with Gasteiger partial charge in [-0.15, -0.1) is 11.3 Å². The van der Waals surface area contributed by atoms with Gasteiger partial charge in [0.15, 0.2) is 6.61 Å². The molecule has 2 aromatic rings. The van der Waals surface area contributed by atoms with Gasteiger partial charge in [0.05, 0.1) is 6.42 Å². The fraction of sp³-hybridized carbons (Fsp3) is 0.333. The van der Waals surface area contributed by atoms with Crippen LogP contribution in [0.2, 0.25) is 5.02 Å². The summed E-state index contributed by atoms with van der Waals surface area (Å²) in [7, 11) is 0. The van der Waals surface area contributed by atoms with E-state index in [1.807, 2.05) is 31.4 Å². The van der Waals surface area contributed by atoms with Gasteiger partial charge < -0.3 is 15.4 Å². The Morgan fingerprint density at radius 1 is 1.12 bits per heavy atom. The highest BCUT2D eigenvalue weighted by molar-refractivity contribution is 7.10. The van der Waals surface area contributed by atoms with Crippen molar-refractivity contribution in [1.29, 1.82) is 0 Å². The molecule has 1 heterocycles. The monoisotopic (exact) mass is 380 g/mol. The van der Waals surface area contributed by atoms with Gasteiger partial charge in [-0.25, -0.2) is 0 Å². The minimum atomic E-state index is -0.238. The molecule has 0 radical (unpaired) electrons. The lowest BCUT2D eigenvalue weighted by Crippen LogP contribution is -2.37. The van der Waals surface area contributed by atoms with Crippen molar-refractivity contribution in [2.75, 3.05) is 19.7 Å². The number of carbonyl (C=O) groups excluding carboxylic acids is 2. The Kier molecular flexibility index (Phi) is 7.28. The first-order valence-corrected chi connectivity index (χ1v) is 9.17. The Bertz CT molecular complexity index is 709. The molecule has 1 aromatic heterocycles. The number of carbonyl (C=O) groups is 2. The van der Waals surface area contributed by atoms with Crippen LogP contribution in [-0.4, -0.2) is 31.5 Å². The molecule has 25 heavy (non-hydrogen) atoms. The zero-order chi connectivity index (χ0) is 18.2. The molecular formula is C18H21ClN2O3S. The predicted molar refractivity (Wildman–Crippen MR) is 100 cm³/mol. The van der Waals surface area contributed by atoms with Crippen LogP contribution in [0.15, 0.2) is 29.6 Å². The van der Waals surface area contributed by atoms with Crippen LogP contribution in [0, 0.1) is 13.8 Å². The standard InChI is InChI=1S/C18H21ClN2O3S/c1-12-8-14(9-13(2)18(12)19)24-11-17(23)21-6-5-20-16(22)10-15-4-3-7-25-15/h3-4,7-9H,5-6,10-11H2,1-2H3,(H,20,22)(H,21,23). The summed E-state index contributed by atoms with van der Waals surface area (Å²) in [6.07, 6.45) is 0.365. The number of ether oxygens (including phenoxy) is 1. The SMILES string of the molecule is Cc1cc(OCC(=O)NCCNC(=O)Cc2cccs2)cc(C)c1Cl. The van der Waals surface area contributed by atoms with Crippen LogP contribution in [0.1, 0.15) is 16.0 Å². The third-order valence-corrected chi connectivity index (χ3v) is 4.94. The Morgan fingerprint density at radius 3 is 2.36 bits per heavy atom. The number of benzene rings is 1. The van der Waals surface area contributed by atoms with Gasteiger partial charge >= 0.3 is 0 Å². The summed E-state index contributed by atoms with van der Waals surface area (Å²) in [5.41, 5.74) is 1.82. The zero-order valence-corrected chi connectivity index (χ0v) is 15.8. The highest BCUT2D eigenvalue weighted by atomic mass is 35.5. The average Bonchev–Trinajstić information content (AvgIpc) is 3.07. The molecule has 0 spiro atoms. The Labute approximate surface area is 156 Å². The number of aryl methyl sites for hydroxylation is 2. The second kappa shape index (κ2) is 9.44. The minimum absolute atomic E-state index is 0.0555. The Hall–Kier alpha value is -2.05. The number of amides is 2. The van der Waals surface area contributed by atoms with Crippen molar-refractivity contribution in [2.24, 2.45) is 0 Å². The molecule has 0 aliphatic rings. The van der Waals surface area contributed by atoms with Crippen molar-refractivity contribution in [2.45, 2.75) is 20.3 Å². The van der Waals surface area contributed by atoms with Gasteiger partial charge in [-0.1, -0.05) is 17.7 Å². The first kappa shape index (κ1) is 19.3. The van der Waals surface area contributed by atoms with Crippen molar-refractivity contribution >= 4 is 34.8 Å². The summed E-state index contributed by atoms with van der Waals surface area (Å²) >= 11 is 7.65. The summed E-state index contributed by atoms with van der Waals surface area (Å²) < 4.78 is 5.48. The summed E-state index contributed by atoms with van der Waals surface area (Å²) in [5.74, 6) is 0.316. The molecule has 0 atom stereocenters. The molecule has 1 aromatic carbocycles. The number of hydrogen-bond acceptors (Lipinski definition) is 4. The topological polar surface area (TPSA) is 67.4 Å². The third-order valence-electron chi connectivity index (χ3n) is 3.46. The maximum absolute atomic E-state index is 11.8. The largest absolute Gasteiger partial charge is 0.484 e. The minimum Gasteiger partial charge on any atom is -0.484 e. The summed E-state index contributed by atoms with van der Waals surface area (Å²) in [4.78, 5) is 24.5. The van der Waals surface area contributed by atoms with Crippen molar-refractivity contribution in [3.05, 3.63) is 50.7 Å². The van der Waals surface area contributed by atoms with Crippen molar-refractivity contribution in [3.8, 4) is 5.75 Å². The summed E-state index contributed by atoms with van der Waals surface area (Å²) in [6, 6.07) is 7.43. The molecule has 2 N–H and O–H groups in total. The van der Waals surface area contributed by atoms with E-state index >= 15 is 0 Å². The summed E-state index contributed by atoms with van der Waals surface area (Å²) in [6.45, 7) is 4.44. The van der Waals surface area contributed by atoms with Crippen LogP contribution < -0.4 is 15.4 Å². The molecule has 0 saturated heterocycles. The van der Waals surface area contributed by atoms with E-state index in [1.165, 1.54) is 0 Å². The quantitative estimate of drug-likeness (QED) is 0.692. The fourth-order valence-corrected chi connectivity index (χ4v) is 3.04. The van der Waals surface area contributed by atoms with Gasteiger partial charge in [0.1, 0.15) is 5.75 Å². The molecule has 0 aliphatic carbocycles. The van der Waals surface area contributed by atoms with Gasteiger partial charge in [-0.2, -0.15) is 0 Å².